The van der Waals surface area contributed by atoms with Crippen molar-refractivity contribution in [3.63, 3.8) is 0 Å². The lowest BCUT2D eigenvalue weighted by Crippen LogP contribution is -2.45. The van der Waals surface area contributed by atoms with Gasteiger partial charge in [-0.2, -0.15) is 0 Å². The van der Waals surface area contributed by atoms with Gasteiger partial charge in [-0.3, -0.25) is 9.20 Å². The summed E-state index contributed by atoms with van der Waals surface area (Å²) in [6, 6.07) is 3.66. The van der Waals surface area contributed by atoms with E-state index >= 15 is 0 Å². The van der Waals surface area contributed by atoms with Gasteiger partial charge in [0.05, 0.1) is 18.5 Å². The van der Waals surface area contributed by atoms with Crippen molar-refractivity contribution in [1.29, 1.82) is 0 Å². The second-order valence-electron chi connectivity index (χ2n) is 7.70. The molecule has 1 amide bonds. The van der Waals surface area contributed by atoms with E-state index < -0.39 is 5.82 Å². The van der Waals surface area contributed by atoms with Crippen LogP contribution in [0.15, 0.2) is 30.9 Å². The Morgan fingerprint density at radius 3 is 2.97 bits per heavy atom. The minimum Gasteiger partial charge on any atom is -0.491 e. The fourth-order valence-corrected chi connectivity index (χ4v) is 3.92. The zero-order valence-corrected chi connectivity index (χ0v) is 17.3. The van der Waals surface area contributed by atoms with Crippen molar-refractivity contribution >= 4 is 11.6 Å². The van der Waals surface area contributed by atoms with Gasteiger partial charge in [0.2, 0.25) is 0 Å². The van der Waals surface area contributed by atoms with Crippen LogP contribution in [-0.2, 0) is 6.42 Å². The smallest absolute Gasteiger partial charge is 0.276 e. The monoisotopic (exact) mass is 411 g/mol. The lowest BCUT2D eigenvalue weighted by atomic mass is 9.97. The molecule has 1 aliphatic heterocycles. The van der Waals surface area contributed by atoms with E-state index in [-0.39, 0.29) is 17.6 Å². The molecule has 0 spiro atoms. The summed E-state index contributed by atoms with van der Waals surface area (Å²) in [6.07, 6.45) is 8.75. The number of imidazole rings is 1. The number of ether oxygens (including phenoxy) is 1. The van der Waals surface area contributed by atoms with E-state index in [2.05, 4.69) is 15.0 Å². The Labute approximate surface area is 174 Å². The highest BCUT2D eigenvalue weighted by Crippen LogP contribution is 2.26. The summed E-state index contributed by atoms with van der Waals surface area (Å²) in [5.41, 5.74) is 2.13. The molecule has 1 atom stereocenters. The summed E-state index contributed by atoms with van der Waals surface area (Å²) < 4.78 is 21.3. The summed E-state index contributed by atoms with van der Waals surface area (Å²) in [5.74, 6) is -0.0502. The SMILES string of the molecule is CCCOc1ccc(C)nc1C(=O)N1CCCC[C@H]1Cc1cn2cncc(F)c2n1. The van der Waals surface area contributed by atoms with Gasteiger partial charge >= 0.3 is 0 Å². The lowest BCUT2D eigenvalue weighted by Gasteiger charge is -2.35. The molecule has 0 aliphatic carbocycles. The molecular formula is C22H26FN5O2. The first kappa shape index (κ1) is 20.3. The number of nitrogens with zero attached hydrogens (tertiary/aromatic N) is 5. The van der Waals surface area contributed by atoms with E-state index in [4.69, 9.17) is 4.74 Å². The number of carbonyl (C=O) groups is 1. The zero-order chi connectivity index (χ0) is 21.1. The molecule has 8 heteroatoms. The minimum absolute atomic E-state index is 0.0199. The predicted molar refractivity (Wildman–Crippen MR) is 110 cm³/mol. The fourth-order valence-electron chi connectivity index (χ4n) is 3.92. The molecule has 0 saturated carbocycles. The Bertz CT molecular complexity index is 1050. The highest BCUT2D eigenvalue weighted by Gasteiger charge is 2.31. The molecule has 0 bridgehead atoms. The van der Waals surface area contributed by atoms with Gasteiger partial charge in [-0.25, -0.2) is 19.3 Å². The topological polar surface area (TPSA) is 72.6 Å². The molecule has 7 nitrogen and oxygen atoms in total. The highest BCUT2D eigenvalue weighted by atomic mass is 19.1. The molecule has 4 heterocycles. The van der Waals surface area contributed by atoms with Crippen molar-refractivity contribution in [2.45, 2.75) is 52.0 Å². The largest absolute Gasteiger partial charge is 0.491 e. The molecule has 0 unspecified atom stereocenters. The number of aromatic nitrogens is 4. The zero-order valence-electron chi connectivity index (χ0n) is 17.3. The summed E-state index contributed by atoms with van der Waals surface area (Å²) in [7, 11) is 0. The minimum atomic E-state index is -0.456. The number of aryl methyl sites for hydroxylation is 1. The first-order valence-electron chi connectivity index (χ1n) is 10.4. The molecule has 30 heavy (non-hydrogen) atoms. The van der Waals surface area contributed by atoms with Crippen molar-refractivity contribution < 1.29 is 13.9 Å². The molecule has 1 fully saturated rings. The third-order valence-electron chi connectivity index (χ3n) is 5.37. The van der Waals surface area contributed by atoms with Crippen molar-refractivity contribution in [3.05, 3.63) is 53.8 Å². The highest BCUT2D eigenvalue weighted by molar-refractivity contribution is 5.95. The van der Waals surface area contributed by atoms with E-state index in [1.54, 1.807) is 10.6 Å². The number of halogens is 1. The maximum atomic E-state index is 14.0. The van der Waals surface area contributed by atoms with Crippen LogP contribution in [0.2, 0.25) is 0 Å². The average Bonchev–Trinajstić information content (AvgIpc) is 3.17. The number of piperidine rings is 1. The van der Waals surface area contributed by atoms with Crippen LogP contribution in [0.3, 0.4) is 0 Å². The number of rotatable bonds is 6. The lowest BCUT2D eigenvalue weighted by molar-refractivity contribution is 0.0601. The Balaban J connectivity index is 1.59. The number of fused-ring (bicyclic) bond motifs is 1. The first-order chi connectivity index (χ1) is 14.6. The van der Waals surface area contributed by atoms with Gasteiger partial charge in [0.1, 0.15) is 6.33 Å². The Morgan fingerprint density at radius 2 is 2.17 bits per heavy atom. The molecule has 158 valence electrons. The molecular weight excluding hydrogens is 385 g/mol. The normalized spacial score (nSPS) is 16.8. The molecule has 3 aromatic heterocycles. The van der Waals surface area contributed by atoms with Crippen molar-refractivity contribution in [3.8, 4) is 5.75 Å². The number of hydrogen-bond acceptors (Lipinski definition) is 5. The number of pyridine rings is 1. The van der Waals surface area contributed by atoms with E-state index in [0.717, 1.165) is 43.3 Å². The predicted octanol–water partition coefficient (Wildman–Crippen LogP) is 3.60. The van der Waals surface area contributed by atoms with Gasteiger partial charge in [-0.1, -0.05) is 6.92 Å². The number of carbonyl (C=O) groups excluding carboxylic acids is 1. The van der Waals surface area contributed by atoms with Crippen molar-refractivity contribution in [1.82, 2.24) is 24.3 Å². The maximum absolute atomic E-state index is 14.0. The maximum Gasteiger partial charge on any atom is 0.276 e. The fraction of sp³-hybridized carbons (Fsp3) is 0.455. The van der Waals surface area contributed by atoms with Gasteiger partial charge in [-0.05, 0) is 44.7 Å². The van der Waals surface area contributed by atoms with Crippen LogP contribution in [0.5, 0.6) is 5.75 Å². The van der Waals surface area contributed by atoms with Gasteiger partial charge in [-0.15, -0.1) is 0 Å². The van der Waals surface area contributed by atoms with E-state index in [1.165, 1.54) is 6.33 Å². The first-order valence-corrected chi connectivity index (χ1v) is 10.4. The summed E-state index contributed by atoms with van der Waals surface area (Å²) in [4.78, 5) is 28.1. The number of amides is 1. The third kappa shape index (κ3) is 4.13. The van der Waals surface area contributed by atoms with Crippen LogP contribution in [0.4, 0.5) is 4.39 Å². The van der Waals surface area contributed by atoms with Crippen LogP contribution in [0.1, 0.15) is 54.5 Å². The van der Waals surface area contributed by atoms with Crippen LogP contribution in [0, 0.1) is 12.7 Å². The van der Waals surface area contributed by atoms with Gasteiger partial charge in [0.15, 0.2) is 22.9 Å². The standard InChI is InChI=1S/C22H26FN5O2/c1-3-10-30-19-8-7-15(2)25-20(19)22(29)28-9-5-4-6-17(28)11-16-13-27-14-24-12-18(23)21(27)26-16/h7-8,12-14,17H,3-6,9-11H2,1-2H3/t17-/m0/s1. The third-order valence-corrected chi connectivity index (χ3v) is 5.37. The second-order valence-corrected chi connectivity index (χ2v) is 7.70. The average molecular weight is 411 g/mol. The Kier molecular flexibility index (Phi) is 5.92. The van der Waals surface area contributed by atoms with Crippen molar-refractivity contribution in [2.75, 3.05) is 13.2 Å². The molecule has 3 aromatic rings. The van der Waals surface area contributed by atoms with Gasteiger partial charge in [0.25, 0.3) is 5.91 Å². The summed E-state index contributed by atoms with van der Waals surface area (Å²) >= 11 is 0. The Hall–Kier alpha value is -3.03. The van der Waals surface area contributed by atoms with Gasteiger partial charge < -0.3 is 9.64 Å². The summed E-state index contributed by atoms with van der Waals surface area (Å²) in [5, 5.41) is 0. The van der Waals surface area contributed by atoms with E-state index in [9.17, 15) is 9.18 Å². The van der Waals surface area contributed by atoms with Crippen LogP contribution in [-0.4, -0.2) is 49.4 Å². The van der Waals surface area contributed by atoms with E-state index in [0.29, 0.717) is 31.0 Å². The van der Waals surface area contributed by atoms with Crippen LogP contribution >= 0.6 is 0 Å². The summed E-state index contributed by atoms with van der Waals surface area (Å²) in [6.45, 7) is 5.09. The molecule has 0 aromatic carbocycles. The number of likely N-dealkylation sites (tertiary alicyclic amines) is 1. The van der Waals surface area contributed by atoms with Crippen LogP contribution < -0.4 is 4.74 Å². The van der Waals surface area contributed by atoms with Crippen LogP contribution in [0.25, 0.3) is 5.65 Å². The van der Waals surface area contributed by atoms with Crippen molar-refractivity contribution in [2.24, 2.45) is 0 Å². The van der Waals surface area contributed by atoms with E-state index in [1.807, 2.05) is 30.9 Å². The Morgan fingerprint density at radius 1 is 1.30 bits per heavy atom. The quantitative estimate of drug-likeness (QED) is 0.620. The number of hydrogen-bond donors (Lipinski definition) is 0. The van der Waals surface area contributed by atoms with Gasteiger partial charge in [0, 0.05) is 30.9 Å². The molecule has 1 aliphatic rings. The second kappa shape index (κ2) is 8.77. The molecule has 1 saturated heterocycles. The molecule has 0 N–H and O–H groups in total. The molecule has 4 rings (SSSR count). The molecule has 0 radical (unpaired) electrons.